The highest BCUT2D eigenvalue weighted by atomic mass is 16.3. The lowest BCUT2D eigenvalue weighted by Gasteiger charge is -1.91. The van der Waals surface area contributed by atoms with E-state index >= 15 is 0 Å². The molecule has 0 amide bonds. The molecule has 0 radical (unpaired) electrons. The van der Waals surface area contributed by atoms with Gasteiger partial charge in [-0.3, -0.25) is 0 Å². The molecule has 0 saturated heterocycles. The van der Waals surface area contributed by atoms with Gasteiger partial charge in [0.25, 0.3) is 12.2 Å². The molecule has 2 rings (SSSR count). The average Bonchev–Trinajstić information content (AvgIpc) is 2.80. The number of aromatic nitrogens is 3. The van der Waals surface area contributed by atoms with E-state index in [-0.39, 0.29) is 0 Å². The predicted octanol–water partition coefficient (Wildman–Crippen LogP) is 1.79. The molecule has 1 heterocycles. The summed E-state index contributed by atoms with van der Waals surface area (Å²) < 4.78 is 0. The summed E-state index contributed by atoms with van der Waals surface area (Å²) in [7, 11) is 0. The van der Waals surface area contributed by atoms with Gasteiger partial charge in [-0.2, -0.15) is 0 Å². The van der Waals surface area contributed by atoms with E-state index in [0.717, 1.165) is 11.4 Å². The Labute approximate surface area is 85.8 Å². The maximum absolute atomic E-state index is 10.2. The second-order valence-electron chi connectivity index (χ2n) is 2.94. The minimum atomic E-state index is 0.431. The van der Waals surface area contributed by atoms with Crippen molar-refractivity contribution in [1.29, 1.82) is 0 Å². The van der Waals surface area contributed by atoms with E-state index in [4.69, 9.17) is 0 Å². The SMILES string of the molecule is O=Nc1ccc(/C=C/c2[nH]nc[nH+]2)cc1. The largest absolute Gasteiger partial charge is 0.263 e. The van der Waals surface area contributed by atoms with Gasteiger partial charge in [0.05, 0.1) is 0 Å². The molecule has 0 spiro atoms. The fourth-order valence-corrected chi connectivity index (χ4v) is 1.15. The van der Waals surface area contributed by atoms with Crippen molar-refractivity contribution >= 4 is 17.8 Å². The van der Waals surface area contributed by atoms with Gasteiger partial charge in [-0.15, -0.1) is 10.0 Å². The topological polar surface area (TPSA) is 72.2 Å². The maximum atomic E-state index is 10.2. The second-order valence-corrected chi connectivity index (χ2v) is 2.94. The van der Waals surface area contributed by atoms with Crippen LogP contribution >= 0.6 is 0 Å². The van der Waals surface area contributed by atoms with Gasteiger partial charge in [0, 0.05) is 11.2 Å². The molecule has 2 aromatic rings. The first-order valence-electron chi connectivity index (χ1n) is 4.41. The third-order valence-electron chi connectivity index (χ3n) is 1.91. The molecule has 15 heavy (non-hydrogen) atoms. The second kappa shape index (κ2) is 4.28. The normalized spacial score (nSPS) is 10.7. The summed E-state index contributed by atoms with van der Waals surface area (Å²) in [5.74, 6) is 0.813. The summed E-state index contributed by atoms with van der Waals surface area (Å²) in [4.78, 5) is 13.1. The van der Waals surface area contributed by atoms with Crippen molar-refractivity contribution < 1.29 is 4.98 Å². The summed E-state index contributed by atoms with van der Waals surface area (Å²) in [6, 6.07) is 6.99. The van der Waals surface area contributed by atoms with Crippen molar-refractivity contribution in [3.63, 3.8) is 0 Å². The van der Waals surface area contributed by atoms with E-state index in [2.05, 4.69) is 20.4 Å². The Balaban J connectivity index is 2.14. The van der Waals surface area contributed by atoms with Crippen LogP contribution in [-0.4, -0.2) is 10.2 Å². The van der Waals surface area contributed by atoms with Gasteiger partial charge in [-0.25, -0.2) is 4.98 Å². The predicted molar refractivity (Wildman–Crippen MR) is 56.0 cm³/mol. The van der Waals surface area contributed by atoms with Crippen LogP contribution in [0.5, 0.6) is 0 Å². The summed E-state index contributed by atoms with van der Waals surface area (Å²) >= 11 is 0. The van der Waals surface area contributed by atoms with E-state index < -0.39 is 0 Å². The number of benzene rings is 1. The molecule has 2 N–H and O–H groups in total. The number of nitroso groups, excluding NO2 is 1. The Morgan fingerprint density at radius 2 is 2.07 bits per heavy atom. The molecular weight excluding hydrogens is 192 g/mol. The monoisotopic (exact) mass is 201 g/mol. The quantitative estimate of drug-likeness (QED) is 0.769. The van der Waals surface area contributed by atoms with Crippen molar-refractivity contribution in [3.8, 4) is 0 Å². The highest BCUT2D eigenvalue weighted by molar-refractivity contribution is 5.66. The van der Waals surface area contributed by atoms with E-state index in [1.54, 1.807) is 18.5 Å². The summed E-state index contributed by atoms with van der Waals surface area (Å²) in [6.07, 6.45) is 5.33. The summed E-state index contributed by atoms with van der Waals surface area (Å²) in [5, 5.41) is 9.37. The first-order chi connectivity index (χ1) is 7.38. The Kier molecular flexibility index (Phi) is 2.64. The van der Waals surface area contributed by atoms with Crippen LogP contribution in [0.2, 0.25) is 0 Å². The molecule has 0 saturated carbocycles. The van der Waals surface area contributed by atoms with Gasteiger partial charge in [-0.1, -0.05) is 12.1 Å². The third kappa shape index (κ3) is 2.34. The van der Waals surface area contributed by atoms with Crippen molar-refractivity contribution in [2.45, 2.75) is 0 Å². The van der Waals surface area contributed by atoms with Gasteiger partial charge in [-0.05, 0) is 28.9 Å². The molecule has 0 aliphatic rings. The molecule has 5 heteroatoms. The molecule has 1 aromatic heterocycles. The number of aromatic amines is 2. The zero-order valence-electron chi connectivity index (χ0n) is 7.84. The minimum Gasteiger partial charge on any atom is -0.245 e. The van der Waals surface area contributed by atoms with Crippen LogP contribution in [0.1, 0.15) is 11.4 Å². The maximum Gasteiger partial charge on any atom is 0.263 e. The number of hydrogen-bond acceptors (Lipinski definition) is 3. The summed E-state index contributed by atoms with van der Waals surface area (Å²) in [6.45, 7) is 0. The van der Waals surface area contributed by atoms with Crippen LogP contribution in [-0.2, 0) is 0 Å². The van der Waals surface area contributed by atoms with Crippen molar-refractivity contribution in [2.24, 2.45) is 5.18 Å². The zero-order valence-corrected chi connectivity index (χ0v) is 7.84. The van der Waals surface area contributed by atoms with E-state index in [0.29, 0.717) is 5.69 Å². The van der Waals surface area contributed by atoms with E-state index in [1.165, 1.54) is 0 Å². The lowest BCUT2D eigenvalue weighted by Crippen LogP contribution is -1.99. The lowest BCUT2D eigenvalue weighted by molar-refractivity contribution is -0.380. The lowest BCUT2D eigenvalue weighted by atomic mass is 10.2. The van der Waals surface area contributed by atoms with Crippen molar-refractivity contribution in [2.75, 3.05) is 0 Å². The van der Waals surface area contributed by atoms with Crippen LogP contribution < -0.4 is 4.98 Å². The molecule has 1 aromatic carbocycles. The van der Waals surface area contributed by atoms with Crippen LogP contribution in [0.15, 0.2) is 35.8 Å². The number of hydrogen-bond donors (Lipinski definition) is 1. The standard InChI is InChI=1S/C10H8N4O/c15-14-9-4-1-8(2-5-9)3-6-10-11-7-12-13-10/h1-7H,(H,11,12,13)/p+1/b6-3+. The molecule has 0 aliphatic heterocycles. The molecule has 0 fully saturated rings. The minimum absolute atomic E-state index is 0.431. The van der Waals surface area contributed by atoms with Crippen LogP contribution in [0.25, 0.3) is 12.2 Å². The van der Waals surface area contributed by atoms with E-state index in [1.807, 2.05) is 24.3 Å². The van der Waals surface area contributed by atoms with Gasteiger partial charge < -0.3 is 0 Å². The van der Waals surface area contributed by atoms with Crippen molar-refractivity contribution in [1.82, 2.24) is 10.2 Å². The van der Waals surface area contributed by atoms with Crippen LogP contribution in [0.4, 0.5) is 5.69 Å². The first-order valence-corrected chi connectivity index (χ1v) is 4.41. The molecule has 0 atom stereocenters. The Hall–Kier alpha value is -2.30. The molecule has 5 nitrogen and oxygen atoms in total. The van der Waals surface area contributed by atoms with Crippen LogP contribution in [0, 0.1) is 4.91 Å². The number of H-pyrrole nitrogens is 2. The Morgan fingerprint density at radius 3 is 2.67 bits per heavy atom. The van der Waals surface area contributed by atoms with E-state index in [9.17, 15) is 4.91 Å². The zero-order chi connectivity index (χ0) is 10.5. The molecule has 0 aliphatic carbocycles. The van der Waals surface area contributed by atoms with Crippen LogP contribution in [0.3, 0.4) is 0 Å². The van der Waals surface area contributed by atoms with Gasteiger partial charge in [0.15, 0.2) is 0 Å². The Bertz CT molecular complexity index is 459. The fraction of sp³-hybridized carbons (Fsp3) is 0. The number of nitrogens with zero attached hydrogens (tertiary/aromatic N) is 2. The number of nitrogens with one attached hydrogen (secondary N) is 2. The Morgan fingerprint density at radius 1 is 1.27 bits per heavy atom. The molecule has 0 bridgehead atoms. The van der Waals surface area contributed by atoms with Gasteiger partial charge in [0.2, 0.25) is 0 Å². The molecular formula is C10H9N4O+. The third-order valence-corrected chi connectivity index (χ3v) is 1.91. The highest BCUT2D eigenvalue weighted by Crippen LogP contribution is 2.13. The van der Waals surface area contributed by atoms with Gasteiger partial charge >= 0.3 is 0 Å². The molecule has 0 unspecified atom stereocenters. The summed E-state index contributed by atoms with van der Waals surface area (Å²) in [5.41, 5.74) is 1.42. The molecule has 74 valence electrons. The smallest absolute Gasteiger partial charge is 0.245 e. The number of rotatable bonds is 3. The fourth-order valence-electron chi connectivity index (χ4n) is 1.15. The first kappa shape index (κ1) is 9.26. The van der Waals surface area contributed by atoms with Gasteiger partial charge in [0.1, 0.15) is 5.69 Å². The highest BCUT2D eigenvalue weighted by Gasteiger charge is 1.95. The van der Waals surface area contributed by atoms with Crippen molar-refractivity contribution in [3.05, 3.63) is 46.9 Å². The average molecular weight is 201 g/mol.